The van der Waals surface area contributed by atoms with Gasteiger partial charge in [-0.15, -0.1) is 0 Å². The van der Waals surface area contributed by atoms with Gasteiger partial charge in [-0.2, -0.15) is 0 Å². The highest BCUT2D eigenvalue weighted by molar-refractivity contribution is 9.10. The van der Waals surface area contributed by atoms with Crippen LogP contribution in [0.2, 0.25) is 0 Å². The molecule has 6 heteroatoms. The summed E-state index contributed by atoms with van der Waals surface area (Å²) in [7, 11) is 0. The fourth-order valence-corrected chi connectivity index (χ4v) is 2.54. The van der Waals surface area contributed by atoms with Gasteiger partial charge in [-0.25, -0.2) is 4.39 Å². The molecule has 0 spiro atoms. The standard InChI is InChI=1S/C14H14BrFN2OS/c1-8(2)7-18-13(19)12(17-14(18)20)6-9-3-4-11(16)10(15)5-9/h3-6,8H,7H2,1-2H3,(H,17,20)/b12-6+. The number of amides is 1. The van der Waals surface area contributed by atoms with E-state index in [1.54, 1.807) is 23.1 Å². The summed E-state index contributed by atoms with van der Waals surface area (Å²) in [5, 5.41) is 3.31. The van der Waals surface area contributed by atoms with Crippen molar-refractivity contribution in [3.8, 4) is 0 Å². The first-order valence-electron chi connectivity index (χ1n) is 6.18. The number of nitrogens with zero attached hydrogens (tertiary/aromatic N) is 1. The minimum atomic E-state index is -0.338. The zero-order valence-electron chi connectivity index (χ0n) is 11.1. The summed E-state index contributed by atoms with van der Waals surface area (Å²) >= 11 is 8.28. The Morgan fingerprint density at radius 2 is 2.20 bits per heavy atom. The monoisotopic (exact) mass is 356 g/mol. The molecule has 1 heterocycles. The van der Waals surface area contributed by atoms with Crippen molar-refractivity contribution in [2.45, 2.75) is 13.8 Å². The molecule has 1 amide bonds. The van der Waals surface area contributed by atoms with Crippen molar-refractivity contribution in [1.82, 2.24) is 10.2 Å². The molecule has 0 unspecified atom stereocenters. The average molecular weight is 357 g/mol. The molecule has 0 aromatic heterocycles. The van der Waals surface area contributed by atoms with Crippen molar-refractivity contribution in [3.63, 3.8) is 0 Å². The summed E-state index contributed by atoms with van der Waals surface area (Å²) in [4.78, 5) is 13.8. The molecule has 1 fully saturated rings. The van der Waals surface area contributed by atoms with Crippen LogP contribution in [-0.2, 0) is 4.79 Å². The molecular weight excluding hydrogens is 343 g/mol. The zero-order chi connectivity index (χ0) is 14.9. The molecule has 0 radical (unpaired) electrons. The van der Waals surface area contributed by atoms with Gasteiger partial charge in [-0.1, -0.05) is 19.9 Å². The fourth-order valence-electron chi connectivity index (χ4n) is 1.87. The van der Waals surface area contributed by atoms with Crippen molar-refractivity contribution >= 4 is 45.2 Å². The molecule has 2 rings (SSSR count). The van der Waals surface area contributed by atoms with Crippen LogP contribution in [-0.4, -0.2) is 22.5 Å². The van der Waals surface area contributed by atoms with E-state index in [2.05, 4.69) is 21.2 Å². The fraction of sp³-hybridized carbons (Fsp3) is 0.286. The van der Waals surface area contributed by atoms with Gasteiger partial charge in [0.2, 0.25) is 0 Å². The lowest BCUT2D eigenvalue weighted by atomic mass is 10.2. The third kappa shape index (κ3) is 3.24. The lowest BCUT2D eigenvalue weighted by molar-refractivity contribution is -0.122. The van der Waals surface area contributed by atoms with Crippen LogP contribution in [0.15, 0.2) is 28.4 Å². The molecule has 3 nitrogen and oxygen atoms in total. The largest absolute Gasteiger partial charge is 0.328 e. The van der Waals surface area contributed by atoms with E-state index in [0.29, 0.717) is 27.7 Å². The van der Waals surface area contributed by atoms with Crippen molar-refractivity contribution in [3.05, 3.63) is 39.7 Å². The van der Waals surface area contributed by atoms with Crippen LogP contribution in [0.25, 0.3) is 6.08 Å². The van der Waals surface area contributed by atoms with Gasteiger partial charge in [0.25, 0.3) is 5.91 Å². The summed E-state index contributed by atoms with van der Waals surface area (Å²) in [6, 6.07) is 4.57. The van der Waals surface area contributed by atoms with Crippen LogP contribution in [0.3, 0.4) is 0 Å². The molecule has 0 atom stereocenters. The summed E-state index contributed by atoms with van der Waals surface area (Å²) in [6.07, 6.45) is 1.67. The zero-order valence-corrected chi connectivity index (χ0v) is 13.5. The number of carbonyl (C=O) groups excluding carboxylic acids is 1. The van der Waals surface area contributed by atoms with Crippen molar-refractivity contribution in [2.24, 2.45) is 5.92 Å². The first kappa shape index (κ1) is 15.1. The SMILES string of the molecule is CC(C)CN1C(=O)/C(=C\c2ccc(F)c(Br)c2)NC1=S. The van der Waals surface area contributed by atoms with Crippen molar-refractivity contribution in [1.29, 1.82) is 0 Å². The van der Waals surface area contributed by atoms with Crippen molar-refractivity contribution in [2.75, 3.05) is 6.54 Å². The molecule has 0 saturated carbocycles. The predicted molar refractivity (Wildman–Crippen MR) is 84.4 cm³/mol. The van der Waals surface area contributed by atoms with Crippen LogP contribution >= 0.6 is 28.1 Å². The van der Waals surface area contributed by atoms with E-state index in [9.17, 15) is 9.18 Å². The number of halogens is 2. The Balaban J connectivity index is 2.25. The highest BCUT2D eigenvalue weighted by Gasteiger charge is 2.30. The van der Waals surface area contributed by atoms with Crippen molar-refractivity contribution < 1.29 is 9.18 Å². The molecule has 20 heavy (non-hydrogen) atoms. The Morgan fingerprint density at radius 1 is 1.50 bits per heavy atom. The van der Waals surface area contributed by atoms with Gasteiger partial charge < -0.3 is 5.32 Å². The molecule has 1 saturated heterocycles. The van der Waals surface area contributed by atoms with Crippen LogP contribution in [0.5, 0.6) is 0 Å². The van der Waals surface area contributed by atoms with Gasteiger partial charge in [-0.05, 0) is 57.8 Å². The minimum Gasteiger partial charge on any atom is -0.328 e. The van der Waals surface area contributed by atoms with E-state index >= 15 is 0 Å². The van der Waals surface area contributed by atoms with E-state index in [-0.39, 0.29) is 11.7 Å². The van der Waals surface area contributed by atoms with E-state index in [1.807, 2.05) is 13.8 Å². The van der Waals surface area contributed by atoms with Gasteiger partial charge in [0, 0.05) is 6.54 Å². The van der Waals surface area contributed by atoms with Gasteiger partial charge in [0.1, 0.15) is 11.5 Å². The Morgan fingerprint density at radius 3 is 2.80 bits per heavy atom. The maximum atomic E-state index is 13.2. The number of carbonyl (C=O) groups is 1. The second kappa shape index (κ2) is 6.01. The highest BCUT2D eigenvalue weighted by Crippen LogP contribution is 2.20. The smallest absolute Gasteiger partial charge is 0.276 e. The number of hydrogen-bond acceptors (Lipinski definition) is 2. The number of hydrogen-bond donors (Lipinski definition) is 1. The summed E-state index contributed by atoms with van der Waals surface area (Å²) in [6.45, 7) is 4.62. The van der Waals surface area contributed by atoms with Crippen LogP contribution in [0.1, 0.15) is 19.4 Å². The van der Waals surface area contributed by atoms with Gasteiger partial charge >= 0.3 is 0 Å². The highest BCUT2D eigenvalue weighted by atomic mass is 79.9. The molecule has 0 bridgehead atoms. The first-order valence-corrected chi connectivity index (χ1v) is 7.38. The molecule has 1 aliphatic rings. The molecular formula is C14H14BrFN2OS. The molecule has 0 aliphatic carbocycles. The molecule has 106 valence electrons. The molecule has 1 N–H and O–H groups in total. The lowest BCUT2D eigenvalue weighted by Gasteiger charge is -2.15. The summed E-state index contributed by atoms with van der Waals surface area (Å²) in [5.74, 6) is -0.156. The third-order valence-corrected chi connectivity index (χ3v) is 3.69. The maximum Gasteiger partial charge on any atom is 0.276 e. The van der Waals surface area contributed by atoms with Gasteiger partial charge in [0.15, 0.2) is 5.11 Å². The second-order valence-corrected chi connectivity index (χ2v) is 6.21. The molecule has 1 aromatic carbocycles. The summed E-state index contributed by atoms with van der Waals surface area (Å²) in [5.41, 5.74) is 1.14. The van der Waals surface area contributed by atoms with Crippen LogP contribution in [0, 0.1) is 11.7 Å². The summed E-state index contributed by atoms with van der Waals surface area (Å²) < 4.78 is 13.5. The normalized spacial score (nSPS) is 17.2. The third-order valence-electron chi connectivity index (χ3n) is 2.76. The Labute approximate surface area is 131 Å². The van der Waals surface area contributed by atoms with Crippen LogP contribution in [0.4, 0.5) is 4.39 Å². The maximum absolute atomic E-state index is 13.2. The van der Waals surface area contributed by atoms with E-state index in [0.717, 1.165) is 5.56 Å². The first-order chi connectivity index (χ1) is 9.38. The average Bonchev–Trinajstić information content (AvgIpc) is 2.61. The predicted octanol–water partition coefficient (Wildman–Crippen LogP) is 3.30. The molecule has 1 aliphatic heterocycles. The van der Waals surface area contributed by atoms with Gasteiger partial charge in [-0.3, -0.25) is 9.69 Å². The van der Waals surface area contributed by atoms with E-state index in [4.69, 9.17) is 12.2 Å². The minimum absolute atomic E-state index is 0.149. The lowest BCUT2D eigenvalue weighted by Crippen LogP contribution is -2.33. The Hall–Kier alpha value is -1.27. The topological polar surface area (TPSA) is 32.3 Å². The number of thiocarbonyl (C=S) groups is 1. The number of nitrogens with one attached hydrogen (secondary N) is 1. The Kier molecular flexibility index (Phi) is 4.55. The Bertz CT molecular complexity index is 601. The van der Waals surface area contributed by atoms with E-state index in [1.165, 1.54) is 6.07 Å². The number of rotatable bonds is 3. The second-order valence-electron chi connectivity index (χ2n) is 4.97. The van der Waals surface area contributed by atoms with E-state index < -0.39 is 0 Å². The van der Waals surface area contributed by atoms with Crippen LogP contribution < -0.4 is 5.32 Å². The quantitative estimate of drug-likeness (QED) is 0.666. The van der Waals surface area contributed by atoms with Gasteiger partial charge in [0.05, 0.1) is 4.47 Å². The number of benzene rings is 1. The molecule has 1 aromatic rings.